The molecule has 0 atom stereocenters. The maximum Gasteiger partial charge on any atom is 0.188 e. The number of benzene rings is 1. The summed E-state index contributed by atoms with van der Waals surface area (Å²) in [6.45, 7) is 0.772. The summed E-state index contributed by atoms with van der Waals surface area (Å²) in [5.41, 5.74) is 7.22. The van der Waals surface area contributed by atoms with Crippen molar-refractivity contribution in [2.45, 2.75) is 51.0 Å². The van der Waals surface area contributed by atoms with Crippen molar-refractivity contribution in [2.24, 2.45) is 10.7 Å². The largest absolute Gasteiger partial charge is 0.370 e. The predicted molar refractivity (Wildman–Crippen MR) is 102 cm³/mol. The van der Waals surface area contributed by atoms with Gasteiger partial charge in [0.05, 0.1) is 0 Å². The topological polar surface area (TPSA) is 50.4 Å². The third-order valence-electron chi connectivity index (χ3n) is 3.78. The molecule has 0 aliphatic heterocycles. The maximum absolute atomic E-state index is 5.93. The molecular formula is C16H25ClIN3. The highest BCUT2D eigenvalue weighted by Gasteiger charge is 2.12. The Morgan fingerprint density at radius 3 is 2.52 bits per heavy atom. The van der Waals surface area contributed by atoms with Crippen molar-refractivity contribution in [3.05, 3.63) is 34.9 Å². The highest BCUT2D eigenvalue weighted by Crippen LogP contribution is 2.17. The third kappa shape index (κ3) is 7.36. The first-order valence-electron chi connectivity index (χ1n) is 7.55. The molecule has 0 radical (unpaired) electrons. The maximum atomic E-state index is 5.93. The molecule has 0 bridgehead atoms. The predicted octanol–water partition coefficient (Wildman–Crippen LogP) is 4.13. The van der Waals surface area contributed by atoms with Gasteiger partial charge in [0.25, 0.3) is 0 Å². The van der Waals surface area contributed by atoms with Crippen molar-refractivity contribution >= 4 is 41.5 Å². The molecule has 2 rings (SSSR count). The van der Waals surface area contributed by atoms with Crippen molar-refractivity contribution in [2.75, 3.05) is 6.54 Å². The fraction of sp³-hybridized carbons (Fsp3) is 0.562. The first-order valence-corrected chi connectivity index (χ1v) is 7.93. The number of halogens is 2. The molecule has 0 amide bonds. The van der Waals surface area contributed by atoms with Crippen LogP contribution in [0.1, 0.15) is 44.1 Å². The summed E-state index contributed by atoms with van der Waals surface area (Å²) in [7, 11) is 0. The van der Waals surface area contributed by atoms with Gasteiger partial charge in [-0.1, -0.05) is 43.0 Å². The first-order chi connectivity index (χ1) is 9.74. The van der Waals surface area contributed by atoms with Gasteiger partial charge < -0.3 is 11.1 Å². The third-order valence-corrected chi connectivity index (χ3v) is 4.03. The molecule has 0 aromatic heterocycles. The Morgan fingerprint density at radius 2 is 1.86 bits per heavy atom. The van der Waals surface area contributed by atoms with Crippen LogP contribution in [0.4, 0.5) is 0 Å². The van der Waals surface area contributed by atoms with Gasteiger partial charge in [0.15, 0.2) is 5.96 Å². The molecule has 3 N–H and O–H groups in total. The van der Waals surface area contributed by atoms with Gasteiger partial charge in [-0.05, 0) is 43.4 Å². The number of aryl methyl sites for hydroxylation is 1. The Balaban J connectivity index is 0.00000220. The van der Waals surface area contributed by atoms with Crippen LogP contribution in [0.3, 0.4) is 0 Å². The lowest BCUT2D eigenvalue weighted by molar-refractivity contribution is 0.412. The molecule has 3 nitrogen and oxygen atoms in total. The van der Waals surface area contributed by atoms with Gasteiger partial charge in [-0.15, -0.1) is 24.0 Å². The van der Waals surface area contributed by atoms with Crippen LogP contribution in [-0.2, 0) is 6.42 Å². The van der Waals surface area contributed by atoms with E-state index in [4.69, 9.17) is 17.3 Å². The van der Waals surface area contributed by atoms with Gasteiger partial charge in [-0.25, -0.2) is 0 Å². The van der Waals surface area contributed by atoms with E-state index in [0.29, 0.717) is 12.0 Å². The van der Waals surface area contributed by atoms with E-state index in [1.165, 1.54) is 37.7 Å². The van der Waals surface area contributed by atoms with Crippen LogP contribution in [0.5, 0.6) is 0 Å². The van der Waals surface area contributed by atoms with E-state index in [-0.39, 0.29) is 24.0 Å². The van der Waals surface area contributed by atoms with E-state index in [1.807, 2.05) is 12.1 Å². The van der Waals surface area contributed by atoms with Gasteiger partial charge >= 0.3 is 0 Å². The molecule has 21 heavy (non-hydrogen) atoms. The van der Waals surface area contributed by atoms with Crippen LogP contribution in [0, 0.1) is 0 Å². The summed E-state index contributed by atoms with van der Waals surface area (Å²) in [5, 5.41) is 4.12. The van der Waals surface area contributed by atoms with Crippen molar-refractivity contribution in [3.8, 4) is 0 Å². The molecular weight excluding hydrogens is 397 g/mol. The second-order valence-electron chi connectivity index (χ2n) is 5.48. The first kappa shape index (κ1) is 18.6. The summed E-state index contributed by atoms with van der Waals surface area (Å²) in [6, 6.07) is 8.52. The van der Waals surface area contributed by atoms with E-state index in [9.17, 15) is 0 Å². The SMILES string of the molecule is I.NC(=NCCCc1ccc(Cl)cc1)NC1CCCCC1. The van der Waals surface area contributed by atoms with E-state index < -0.39 is 0 Å². The van der Waals surface area contributed by atoms with E-state index >= 15 is 0 Å². The van der Waals surface area contributed by atoms with Crippen LogP contribution >= 0.6 is 35.6 Å². The summed E-state index contributed by atoms with van der Waals surface area (Å²) >= 11 is 5.86. The zero-order valence-corrected chi connectivity index (χ0v) is 15.4. The monoisotopic (exact) mass is 421 g/mol. The van der Waals surface area contributed by atoms with Crippen molar-refractivity contribution in [3.63, 3.8) is 0 Å². The van der Waals surface area contributed by atoms with Crippen LogP contribution in [0.2, 0.25) is 5.02 Å². The van der Waals surface area contributed by atoms with E-state index in [2.05, 4.69) is 22.4 Å². The van der Waals surface area contributed by atoms with E-state index in [1.54, 1.807) is 0 Å². The minimum Gasteiger partial charge on any atom is -0.370 e. The lowest BCUT2D eigenvalue weighted by Crippen LogP contribution is -2.41. The van der Waals surface area contributed by atoms with Crippen molar-refractivity contribution in [1.82, 2.24) is 5.32 Å². The summed E-state index contributed by atoms with van der Waals surface area (Å²) in [5.74, 6) is 0.605. The Labute approximate surface area is 149 Å². The Bertz CT molecular complexity index is 428. The molecule has 0 saturated heterocycles. The summed E-state index contributed by atoms with van der Waals surface area (Å²) < 4.78 is 0. The van der Waals surface area contributed by atoms with Crippen LogP contribution < -0.4 is 11.1 Å². The summed E-state index contributed by atoms with van der Waals surface area (Å²) in [4.78, 5) is 4.41. The number of nitrogens with two attached hydrogens (primary N) is 1. The molecule has 0 spiro atoms. The fourth-order valence-electron chi connectivity index (χ4n) is 2.64. The van der Waals surface area contributed by atoms with Gasteiger partial charge in [0.1, 0.15) is 0 Å². The highest BCUT2D eigenvalue weighted by molar-refractivity contribution is 14.0. The average molecular weight is 422 g/mol. The van der Waals surface area contributed by atoms with Crippen molar-refractivity contribution in [1.29, 1.82) is 0 Å². The van der Waals surface area contributed by atoms with E-state index in [0.717, 1.165) is 24.4 Å². The number of rotatable bonds is 5. The fourth-order valence-corrected chi connectivity index (χ4v) is 2.76. The van der Waals surface area contributed by atoms with Crippen molar-refractivity contribution < 1.29 is 0 Å². The molecule has 1 aliphatic carbocycles. The molecule has 5 heteroatoms. The second-order valence-corrected chi connectivity index (χ2v) is 5.91. The van der Waals surface area contributed by atoms with Crippen LogP contribution in [0.25, 0.3) is 0 Å². The summed E-state index contributed by atoms with van der Waals surface area (Å²) in [6.07, 6.45) is 8.44. The lowest BCUT2D eigenvalue weighted by atomic mass is 9.96. The number of hydrogen-bond acceptors (Lipinski definition) is 1. The molecule has 1 aromatic rings. The molecule has 118 valence electrons. The zero-order valence-electron chi connectivity index (χ0n) is 12.4. The normalized spacial score (nSPS) is 16.3. The average Bonchev–Trinajstić information content (AvgIpc) is 2.46. The Hall–Kier alpha value is -0.490. The lowest BCUT2D eigenvalue weighted by Gasteiger charge is -2.23. The standard InChI is InChI=1S/C16H24ClN3.HI/c17-14-10-8-13(9-11-14)5-4-12-19-16(18)20-15-6-2-1-3-7-15;/h8-11,15H,1-7,12H2,(H3,18,19,20);1H. The number of aliphatic imine (C=N–C) groups is 1. The number of hydrogen-bond donors (Lipinski definition) is 2. The Morgan fingerprint density at radius 1 is 1.19 bits per heavy atom. The molecule has 0 unspecified atom stereocenters. The van der Waals surface area contributed by atoms with Crippen LogP contribution in [0.15, 0.2) is 29.3 Å². The highest BCUT2D eigenvalue weighted by atomic mass is 127. The molecule has 1 aromatic carbocycles. The van der Waals surface area contributed by atoms with Gasteiger partial charge in [0.2, 0.25) is 0 Å². The molecule has 1 saturated carbocycles. The number of nitrogens with one attached hydrogen (secondary N) is 1. The van der Waals surface area contributed by atoms with Gasteiger partial charge in [-0.3, -0.25) is 4.99 Å². The molecule has 1 fully saturated rings. The smallest absolute Gasteiger partial charge is 0.188 e. The minimum atomic E-state index is 0. The quantitative estimate of drug-likeness (QED) is 0.325. The number of guanidine groups is 1. The Kier molecular flexibility index (Phi) is 9.08. The van der Waals surface area contributed by atoms with Crippen LogP contribution in [-0.4, -0.2) is 18.5 Å². The minimum absolute atomic E-state index is 0. The molecule has 0 heterocycles. The molecule has 1 aliphatic rings. The zero-order chi connectivity index (χ0) is 14.2. The second kappa shape index (κ2) is 10.3. The number of nitrogens with zero attached hydrogens (tertiary/aromatic N) is 1. The van der Waals surface area contributed by atoms with Gasteiger partial charge in [-0.2, -0.15) is 0 Å². The van der Waals surface area contributed by atoms with Gasteiger partial charge in [0, 0.05) is 17.6 Å².